The molecule has 5 heteroatoms. The summed E-state index contributed by atoms with van der Waals surface area (Å²) in [7, 11) is -2.45. The first-order valence-electron chi connectivity index (χ1n) is 8.70. The van der Waals surface area contributed by atoms with E-state index in [2.05, 4.69) is 6.55 Å². The quantitative estimate of drug-likeness (QED) is 0.680. The number of hydrogen-bond donors (Lipinski definition) is 0. The van der Waals surface area contributed by atoms with E-state index < -0.39 is 8.56 Å². The average molecular weight is 355 g/mol. The Bertz CT molecular complexity index is 523. The van der Waals surface area contributed by atoms with Crippen molar-refractivity contribution in [2.24, 2.45) is 0 Å². The van der Waals surface area contributed by atoms with Crippen LogP contribution in [0, 0.1) is 0 Å². The van der Waals surface area contributed by atoms with Crippen molar-refractivity contribution in [3.63, 3.8) is 0 Å². The Hall–Kier alpha value is -1.04. The van der Waals surface area contributed by atoms with Crippen molar-refractivity contribution in [1.82, 2.24) is 0 Å². The molecule has 1 rings (SSSR count). The maximum atomic E-state index is 6.16. The van der Waals surface area contributed by atoms with Crippen LogP contribution in [0.5, 0.6) is 11.5 Å². The van der Waals surface area contributed by atoms with Gasteiger partial charge in [0, 0.05) is 13.2 Å². The summed E-state index contributed by atoms with van der Waals surface area (Å²) >= 11 is 0. The second-order valence-corrected chi connectivity index (χ2v) is 10.9. The van der Waals surface area contributed by atoms with Crippen molar-refractivity contribution >= 4 is 13.7 Å². The molecule has 0 aromatic heterocycles. The first kappa shape index (κ1) is 21.0. The molecular formula is C19H34O4Si. The summed E-state index contributed by atoms with van der Waals surface area (Å²) in [5.41, 5.74) is -0.609. The Morgan fingerprint density at radius 1 is 0.792 bits per heavy atom. The number of rotatable bonds is 7. The third kappa shape index (κ3) is 6.46. The summed E-state index contributed by atoms with van der Waals surface area (Å²) in [4.78, 5) is 0. The molecular weight excluding hydrogens is 320 g/mol. The molecule has 0 unspecified atom stereocenters. The largest absolute Gasteiger partial charge is 0.484 e. The second-order valence-electron chi connectivity index (χ2n) is 7.90. The molecule has 0 atom stereocenters. The van der Waals surface area contributed by atoms with E-state index in [0.29, 0.717) is 13.2 Å². The molecule has 0 heterocycles. The van der Waals surface area contributed by atoms with Crippen LogP contribution in [0.2, 0.25) is 6.55 Å². The fourth-order valence-corrected chi connectivity index (χ4v) is 4.67. The van der Waals surface area contributed by atoms with Crippen molar-refractivity contribution in [2.75, 3.05) is 13.2 Å². The minimum absolute atomic E-state index is 0.294. The van der Waals surface area contributed by atoms with Gasteiger partial charge >= 0.3 is 8.56 Å². The molecule has 0 fully saturated rings. The lowest BCUT2D eigenvalue weighted by Gasteiger charge is -2.30. The zero-order valence-corrected chi connectivity index (χ0v) is 17.8. The van der Waals surface area contributed by atoms with Gasteiger partial charge in [0.15, 0.2) is 11.5 Å². The third-order valence-corrected chi connectivity index (χ3v) is 6.18. The van der Waals surface area contributed by atoms with Crippen LogP contribution in [0.4, 0.5) is 0 Å². The molecule has 0 bridgehead atoms. The average Bonchev–Trinajstić information content (AvgIpc) is 2.38. The smallest absolute Gasteiger partial charge is 0.369 e. The molecule has 0 N–H and O–H groups in total. The summed E-state index contributed by atoms with van der Waals surface area (Å²) in [6.45, 7) is 19.5. The molecule has 138 valence electrons. The number of ether oxygens (including phenoxy) is 2. The molecule has 1 aromatic carbocycles. The molecule has 24 heavy (non-hydrogen) atoms. The van der Waals surface area contributed by atoms with Crippen LogP contribution in [-0.2, 0) is 8.85 Å². The fourth-order valence-electron chi connectivity index (χ4n) is 2.37. The Morgan fingerprint density at radius 2 is 1.25 bits per heavy atom. The minimum atomic E-state index is -2.45. The highest BCUT2D eigenvalue weighted by Gasteiger charge is 2.35. The molecule has 0 radical (unpaired) electrons. The van der Waals surface area contributed by atoms with Crippen LogP contribution >= 0.6 is 0 Å². The predicted octanol–water partition coefficient (Wildman–Crippen LogP) is 4.39. The monoisotopic (exact) mass is 354 g/mol. The summed E-state index contributed by atoms with van der Waals surface area (Å²) in [5, 5.41) is 1.05. The van der Waals surface area contributed by atoms with Gasteiger partial charge in [0.2, 0.25) is 0 Å². The van der Waals surface area contributed by atoms with Gasteiger partial charge in [-0.1, -0.05) is 6.07 Å². The lowest BCUT2D eigenvalue weighted by atomic mass is 10.1. The van der Waals surface area contributed by atoms with E-state index in [9.17, 15) is 0 Å². The first-order chi connectivity index (χ1) is 10.9. The van der Waals surface area contributed by atoms with Crippen LogP contribution in [-0.4, -0.2) is 33.0 Å². The van der Waals surface area contributed by atoms with Gasteiger partial charge in [-0.05, 0) is 79.3 Å². The Balaban J connectivity index is 3.32. The van der Waals surface area contributed by atoms with E-state index in [4.69, 9.17) is 18.3 Å². The molecule has 0 spiro atoms. The summed E-state index contributed by atoms with van der Waals surface area (Å²) < 4.78 is 24.2. The zero-order valence-electron chi connectivity index (χ0n) is 16.8. The fraction of sp³-hybridized carbons (Fsp3) is 0.684. The minimum Gasteiger partial charge on any atom is -0.484 e. The maximum Gasteiger partial charge on any atom is 0.369 e. The van der Waals surface area contributed by atoms with Crippen molar-refractivity contribution in [1.29, 1.82) is 0 Å². The number of benzene rings is 1. The van der Waals surface area contributed by atoms with Crippen molar-refractivity contribution in [3.05, 3.63) is 18.2 Å². The Labute approximate surface area is 148 Å². The highest BCUT2D eigenvalue weighted by molar-refractivity contribution is 6.80. The van der Waals surface area contributed by atoms with Crippen molar-refractivity contribution < 1.29 is 18.3 Å². The van der Waals surface area contributed by atoms with Crippen LogP contribution < -0.4 is 14.7 Å². The molecule has 0 aliphatic carbocycles. The summed E-state index contributed by atoms with van der Waals surface area (Å²) in [6.07, 6.45) is 0. The van der Waals surface area contributed by atoms with Gasteiger partial charge in [0.25, 0.3) is 0 Å². The van der Waals surface area contributed by atoms with Gasteiger partial charge in [0.1, 0.15) is 11.2 Å². The van der Waals surface area contributed by atoms with Crippen LogP contribution in [0.25, 0.3) is 0 Å². The van der Waals surface area contributed by atoms with E-state index in [1.165, 1.54) is 0 Å². The highest BCUT2D eigenvalue weighted by Crippen LogP contribution is 2.32. The van der Waals surface area contributed by atoms with Crippen molar-refractivity contribution in [2.45, 2.75) is 73.1 Å². The van der Waals surface area contributed by atoms with E-state index in [0.717, 1.165) is 16.7 Å². The molecule has 0 saturated heterocycles. The van der Waals surface area contributed by atoms with Gasteiger partial charge in [-0.3, -0.25) is 0 Å². The zero-order chi connectivity index (χ0) is 18.6. The van der Waals surface area contributed by atoms with E-state index in [1.807, 2.05) is 73.6 Å². The molecule has 0 saturated carbocycles. The van der Waals surface area contributed by atoms with Gasteiger partial charge in [-0.25, -0.2) is 0 Å². The molecule has 4 nitrogen and oxygen atoms in total. The van der Waals surface area contributed by atoms with Crippen LogP contribution in [0.3, 0.4) is 0 Å². The topological polar surface area (TPSA) is 36.9 Å². The molecule has 0 aliphatic rings. The number of hydrogen-bond acceptors (Lipinski definition) is 4. The highest BCUT2D eigenvalue weighted by atomic mass is 28.4. The van der Waals surface area contributed by atoms with Gasteiger partial charge in [0.05, 0.1) is 0 Å². The van der Waals surface area contributed by atoms with E-state index in [1.54, 1.807) is 0 Å². The normalized spacial score (nSPS) is 13.0. The van der Waals surface area contributed by atoms with E-state index >= 15 is 0 Å². The SMILES string of the molecule is CCO[Si](C)(OCC)c1ccc(OC(C)(C)C)c(OC(C)(C)C)c1. The lowest BCUT2D eigenvalue weighted by molar-refractivity contribution is 0.0958. The molecule has 1 aromatic rings. The van der Waals surface area contributed by atoms with E-state index in [-0.39, 0.29) is 11.2 Å². The van der Waals surface area contributed by atoms with Gasteiger partial charge in [-0.15, -0.1) is 0 Å². The first-order valence-corrected chi connectivity index (χ1v) is 11.0. The molecule has 0 amide bonds. The second kappa shape index (κ2) is 7.89. The van der Waals surface area contributed by atoms with Crippen LogP contribution in [0.15, 0.2) is 18.2 Å². The van der Waals surface area contributed by atoms with Crippen LogP contribution in [0.1, 0.15) is 55.4 Å². The van der Waals surface area contributed by atoms with Gasteiger partial charge < -0.3 is 18.3 Å². The maximum absolute atomic E-state index is 6.16. The summed E-state index contributed by atoms with van der Waals surface area (Å²) in [5.74, 6) is 1.47. The molecule has 0 aliphatic heterocycles. The standard InChI is InChI=1S/C19H34O4Si/c1-10-20-24(9,21-11-2)15-12-13-16(22-18(3,4)5)17(14-15)23-19(6,7)8/h12-14H,10-11H2,1-9H3. The Morgan fingerprint density at radius 3 is 1.67 bits per heavy atom. The Kier molecular flexibility index (Phi) is 6.91. The lowest BCUT2D eigenvalue weighted by Crippen LogP contribution is -2.51. The van der Waals surface area contributed by atoms with Gasteiger partial charge in [-0.2, -0.15) is 0 Å². The third-order valence-electron chi connectivity index (χ3n) is 3.14. The van der Waals surface area contributed by atoms with Crippen molar-refractivity contribution in [3.8, 4) is 11.5 Å². The predicted molar refractivity (Wildman–Crippen MR) is 102 cm³/mol. The summed E-state index contributed by atoms with van der Waals surface area (Å²) in [6, 6.07) is 6.02.